The lowest BCUT2D eigenvalue weighted by atomic mass is 9.96. The Morgan fingerprint density at radius 1 is 1.25 bits per heavy atom. The van der Waals surface area contributed by atoms with Crippen LogP contribution in [0.4, 0.5) is 0 Å². The van der Waals surface area contributed by atoms with E-state index < -0.39 is 0 Å². The zero-order valence-corrected chi connectivity index (χ0v) is 6.90. The van der Waals surface area contributed by atoms with E-state index in [9.17, 15) is 0 Å². The van der Waals surface area contributed by atoms with E-state index in [4.69, 9.17) is 5.26 Å². The minimum atomic E-state index is 0.145. The Labute approximate surface area is 72.6 Å². The molecular weight excluding hydrogens is 146 g/mol. The van der Waals surface area contributed by atoms with Crippen molar-refractivity contribution >= 4 is 0 Å². The van der Waals surface area contributed by atoms with E-state index in [1.807, 2.05) is 30.3 Å². The van der Waals surface area contributed by atoms with Crippen molar-refractivity contribution in [1.82, 2.24) is 0 Å². The average molecular weight is 157 g/mol. The van der Waals surface area contributed by atoms with Crippen molar-refractivity contribution in [3.63, 3.8) is 0 Å². The van der Waals surface area contributed by atoms with Gasteiger partial charge in [0.2, 0.25) is 0 Å². The molecule has 0 N–H and O–H groups in total. The van der Waals surface area contributed by atoms with Crippen LogP contribution in [0.15, 0.2) is 30.3 Å². The molecule has 0 bridgehead atoms. The molecule has 0 aromatic heterocycles. The topological polar surface area (TPSA) is 23.8 Å². The number of hydrogen-bond donors (Lipinski definition) is 0. The number of nitrogens with zero attached hydrogens (tertiary/aromatic N) is 1. The zero-order valence-electron chi connectivity index (χ0n) is 6.90. The van der Waals surface area contributed by atoms with E-state index in [2.05, 4.69) is 6.07 Å². The van der Waals surface area contributed by atoms with Crippen LogP contribution in [0.25, 0.3) is 0 Å². The maximum atomic E-state index is 8.94. The van der Waals surface area contributed by atoms with Crippen molar-refractivity contribution in [3.8, 4) is 6.07 Å². The van der Waals surface area contributed by atoms with Gasteiger partial charge in [0, 0.05) is 0 Å². The van der Waals surface area contributed by atoms with E-state index in [0.29, 0.717) is 5.92 Å². The number of hydrogen-bond acceptors (Lipinski definition) is 1. The molecule has 1 fully saturated rings. The first-order chi connectivity index (χ1) is 5.92. The van der Waals surface area contributed by atoms with Crippen LogP contribution in [0, 0.1) is 17.2 Å². The molecule has 12 heavy (non-hydrogen) atoms. The number of benzene rings is 1. The van der Waals surface area contributed by atoms with Gasteiger partial charge in [-0.3, -0.25) is 0 Å². The first kappa shape index (κ1) is 7.36. The van der Waals surface area contributed by atoms with E-state index in [1.54, 1.807) is 0 Å². The van der Waals surface area contributed by atoms with Crippen molar-refractivity contribution in [2.45, 2.75) is 18.8 Å². The van der Waals surface area contributed by atoms with Crippen LogP contribution in [0.2, 0.25) is 0 Å². The third kappa shape index (κ3) is 1.33. The Bertz CT molecular complexity index is 293. The third-order valence-electron chi connectivity index (χ3n) is 2.39. The fraction of sp³-hybridized carbons (Fsp3) is 0.364. The summed E-state index contributed by atoms with van der Waals surface area (Å²) in [7, 11) is 0. The van der Waals surface area contributed by atoms with Crippen molar-refractivity contribution in [3.05, 3.63) is 35.9 Å². The molecule has 1 atom stereocenters. The van der Waals surface area contributed by atoms with Gasteiger partial charge in [0.05, 0.1) is 12.0 Å². The lowest BCUT2D eigenvalue weighted by Crippen LogP contribution is -1.96. The highest BCUT2D eigenvalue weighted by Gasteiger charge is 2.31. The molecule has 1 aliphatic carbocycles. The summed E-state index contributed by atoms with van der Waals surface area (Å²) in [6.45, 7) is 0. The lowest BCUT2D eigenvalue weighted by molar-refractivity contribution is 0.740. The van der Waals surface area contributed by atoms with E-state index in [0.717, 1.165) is 0 Å². The van der Waals surface area contributed by atoms with Gasteiger partial charge in [-0.25, -0.2) is 0 Å². The summed E-state index contributed by atoms with van der Waals surface area (Å²) < 4.78 is 0. The van der Waals surface area contributed by atoms with Crippen molar-refractivity contribution in [1.29, 1.82) is 5.26 Å². The van der Waals surface area contributed by atoms with Gasteiger partial charge in [0.15, 0.2) is 0 Å². The molecule has 1 saturated carbocycles. The Balaban J connectivity index is 2.23. The molecule has 0 unspecified atom stereocenters. The molecule has 0 heterocycles. The van der Waals surface area contributed by atoms with Gasteiger partial charge < -0.3 is 0 Å². The summed E-state index contributed by atoms with van der Waals surface area (Å²) in [6, 6.07) is 12.5. The normalized spacial score (nSPS) is 18.2. The Morgan fingerprint density at radius 3 is 2.42 bits per heavy atom. The summed E-state index contributed by atoms with van der Waals surface area (Å²) in [6.07, 6.45) is 2.46. The van der Waals surface area contributed by atoms with E-state index in [1.165, 1.54) is 18.4 Å². The monoisotopic (exact) mass is 157 g/mol. The van der Waals surface area contributed by atoms with Gasteiger partial charge in [-0.2, -0.15) is 5.26 Å². The van der Waals surface area contributed by atoms with Crippen molar-refractivity contribution in [2.24, 2.45) is 5.92 Å². The van der Waals surface area contributed by atoms with Gasteiger partial charge in [0.1, 0.15) is 0 Å². The molecular formula is C11H11N. The molecule has 60 valence electrons. The average Bonchev–Trinajstić information content (AvgIpc) is 2.92. The zero-order chi connectivity index (χ0) is 8.39. The van der Waals surface area contributed by atoms with Crippen molar-refractivity contribution in [2.75, 3.05) is 0 Å². The second kappa shape index (κ2) is 2.98. The maximum absolute atomic E-state index is 8.94. The van der Waals surface area contributed by atoms with Gasteiger partial charge in [-0.1, -0.05) is 30.3 Å². The molecule has 1 aromatic carbocycles. The predicted octanol–water partition coefficient (Wildman–Crippen LogP) is 2.70. The summed E-state index contributed by atoms with van der Waals surface area (Å²) in [5.41, 5.74) is 1.18. The van der Waals surface area contributed by atoms with Gasteiger partial charge in [0.25, 0.3) is 0 Å². The van der Waals surface area contributed by atoms with Crippen LogP contribution in [0.5, 0.6) is 0 Å². The molecule has 0 aliphatic heterocycles. The maximum Gasteiger partial charge on any atom is 0.0740 e. The second-order valence-corrected chi connectivity index (χ2v) is 3.35. The first-order valence-corrected chi connectivity index (χ1v) is 4.36. The highest BCUT2D eigenvalue weighted by atomic mass is 14.4. The van der Waals surface area contributed by atoms with Gasteiger partial charge in [-0.05, 0) is 24.3 Å². The molecule has 0 spiro atoms. The molecule has 1 aromatic rings. The van der Waals surface area contributed by atoms with E-state index in [-0.39, 0.29) is 5.92 Å². The fourth-order valence-corrected chi connectivity index (χ4v) is 1.54. The van der Waals surface area contributed by atoms with Crippen LogP contribution < -0.4 is 0 Å². The first-order valence-electron chi connectivity index (χ1n) is 4.36. The highest BCUT2D eigenvalue weighted by Crippen LogP contribution is 2.41. The molecule has 0 saturated heterocycles. The highest BCUT2D eigenvalue weighted by molar-refractivity contribution is 5.27. The number of nitriles is 1. The molecule has 1 nitrogen and oxygen atoms in total. The van der Waals surface area contributed by atoms with Gasteiger partial charge >= 0.3 is 0 Å². The minimum Gasteiger partial charge on any atom is -0.198 e. The summed E-state index contributed by atoms with van der Waals surface area (Å²) in [5, 5.41) is 8.94. The third-order valence-corrected chi connectivity index (χ3v) is 2.39. The molecule has 2 rings (SSSR count). The largest absolute Gasteiger partial charge is 0.198 e. The number of rotatable bonds is 2. The Morgan fingerprint density at radius 2 is 1.92 bits per heavy atom. The molecule has 0 radical (unpaired) electrons. The predicted molar refractivity (Wildman–Crippen MR) is 47.5 cm³/mol. The second-order valence-electron chi connectivity index (χ2n) is 3.35. The van der Waals surface area contributed by atoms with Crippen LogP contribution >= 0.6 is 0 Å². The SMILES string of the molecule is N#C[C@H](c1ccccc1)C1CC1. The molecule has 1 aliphatic rings. The van der Waals surface area contributed by atoms with E-state index >= 15 is 0 Å². The standard InChI is InChI=1S/C11H11N/c12-8-11(10-6-7-10)9-4-2-1-3-5-9/h1-5,10-11H,6-7H2/t11-/m1/s1. The van der Waals surface area contributed by atoms with Crippen molar-refractivity contribution < 1.29 is 0 Å². The summed E-state index contributed by atoms with van der Waals surface area (Å²) >= 11 is 0. The summed E-state index contributed by atoms with van der Waals surface area (Å²) in [4.78, 5) is 0. The fourth-order valence-electron chi connectivity index (χ4n) is 1.54. The van der Waals surface area contributed by atoms with Crippen LogP contribution in [0.1, 0.15) is 24.3 Å². The van der Waals surface area contributed by atoms with Crippen LogP contribution in [-0.2, 0) is 0 Å². The quantitative estimate of drug-likeness (QED) is 0.647. The minimum absolute atomic E-state index is 0.145. The molecule has 0 amide bonds. The van der Waals surface area contributed by atoms with Gasteiger partial charge in [-0.15, -0.1) is 0 Å². The smallest absolute Gasteiger partial charge is 0.0740 e. The Hall–Kier alpha value is -1.29. The summed E-state index contributed by atoms with van der Waals surface area (Å²) in [5.74, 6) is 0.781. The van der Waals surface area contributed by atoms with Crippen LogP contribution in [-0.4, -0.2) is 0 Å². The molecule has 1 heteroatoms. The van der Waals surface area contributed by atoms with Crippen LogP contribution in [0.3, 0.4) is 0 Å². The Kier molecular flexibility index (Phi) is 1.83. The lowest BCUT2D eigenvalue weighted by Gasteiger charge is -2.05.